The molecule has 0 aromatic heterocycles. The van der Waals surface area contributed by atoms with Crippen LogP contribution < -0.4 is 10.6 Å². The summed E-state index contributed by atoms with van der Waals surface area (Å²) in [6.45, 7) is 0. The van der Waals surface area contributed by atoms with Crippen LogP contribution in [-0.2, 0) is 0 Å². The van der Waals surface area contributed by atoms with Crippen LogP contribution in [0.5, 0.6) is 0 Å². The van der Waals surface area contributed by atoms with Crippen LogP contribution in [0.3, 0.4) is 0 Å². The Hall–Kier alpha value is -1.22. The molecule has 5 rings (SSSR count). The SMILES string of the molecule is C1=CC(C(CP(C2CCCCC2)C2CCCCC2)P(c2ccccc2)c2ccccc2)C=C1. The molecule has 0 saturated heterocycles. The maximum atomic E-state index is 2.52. The molecule has 0 bridgehead atoms. The van der Waals surface area contributed by atoms with Gasteiger partial charge in [-0.15, -0.1) is 0 Å². The van der Waals surface area contributed by atoms with E-state index in [0.29, 0.717) is 5.92 Å². The smallest absolute Gasteiger partial charge is 0.00298 e. The van der Waals surface area contributed by atoms with Gasteiger partial charge in [-0.1, -0.05) is 131 Å². The predicted molar refractivity (Wildman–Crippen MR) is 150 cm³/mol. The number of allylic oxidation sites excluding steroid dienone is 4. The van der Waals surface area contributed by atoms with E-state index in [-0.39, 0.29) is 15.8 Å². The third kappa shape index (κ3) is 5.89. The van der Waals surface area contributed by atoms with Crippen LogP contribution >= 0.6 is 15.8 Å². The van der Waals surface area contributed by atoms with Gasteiger partial charge in [-0.3, -0.25) is 0 Å². The van der Waals surface area contributed by atoms with E-state index in [2.05, 4.69) is 85.0 Å². The van der Waals surface area contributed by atoms with Crippen molar-refractivity contribution in [2.45, 2.75) is 81.2 Å². The molecule has 0 spiro atoms. The van der Waals surface area contributed by atoms with Crippen LogP contribution in [0.4, 0.5) is 0 Å². The van der Waals surface area contributed by atoms with E-state index in [9.17, 15) is 0 Å². The predicted octanol–water partition coefficient (Wildman–Crippen LogP) is 8.38. The Morgan fingerprint density at radius 2 is 1.06 bits per heavy atom. The van der Waals surface area contributed by atoms with Crippen molar-refractivity contribution in [3.8, 4) is 0 Å². The van der Waals surface area contributed by atoms with Crippen molar-refractivity contribution < 1.29 is 0 Å². The Balaban J connectivity index is 1.52. The normalized spacial score (nSPS) is 21.3. The molecule has 2 aromatic rings. The Morgan fingerprint density at radius 1 is 0.606 bits per heavy atom. The summed E-state index contributed by atoms with van der Waals surface area (Å²) in [5.74, 6) is 0.591. The lowest BCUT2D eigenvalue weighted by molar-refractivity contribution is 0.483. The van der Waals surface area contributed by atoms with Crippen LogP contribution in [0.25, 0.3) is 0 Å². The molecule has 1 atom stereocenters. The monoisotopic (exact) mass is 474 g/mol. The zero-order valence-electron chi connectivity index (χ0n) is 20.1. The van der Waals surface area contributed by atoms with Gasteiger partial charge < -0.3 is 0 Å². The molecule has 0 aliphatic heterocycles. The van der Waals surface area contributed by atoms with Gasteiger partial charge in [0.05, 0.1) is 0 Å². The third-order valence-corrected chi connectivity index (χ3v) is 15.0. The molecule has 0 nitrogen and oxygen atoms in total. The highest BCUT2D eigenvalue weighted by atomic mass is 31.1. The summed E-state index contributed by atoms with van der Waals surface area (Å²) in [5, 5.41) is 3.14. The van der Waals surface area contributed by atoms with E-state index in [1.807, 2.05) is 0 Å². The Labute approximate surface area is 204 Å². The standard InChI is InChI=1S/C31H40P2/c1-5-17-27(18-6-1)32(28-19-7-2-8-20-28)25-31(26-15-13-14-16-26)33(29-21-9-3-10-22-29)30-23-11-4-12-24-30/h3-4,9-16,21-24,26-28,31H,1-2,5-8,17-20,25H2. The average molecular weight is 475 g/mol. The lowest BCUT2D eigenvalue weighted by Gasteiger charge is -2.43. The minimum Gasteiger partial charge on any atom is -0.0997 e. The molecule has 0 radical (unpaired) electrons. The second kappa shape index (κ2) is 12.0. The van der Waals surface area contributed by atoms with Crippen molar-refractivity contribution >= 4 is 26.5 Å². The first-order valence-corrected chi connectivity index (χ1v) is 16.5. The van der Waals surface area contributed by atoms with Crippen molar-refractivity contribution in [2.75, 3.05) is 6.16 Å². The van der Waals surface area contributed by atoms with Crippen LogP contribution in [0.15, 0.2) is 85.0 Å². The highest BCUT2D eigenvalue weighted by Gasteiger charge is 2.37. The maximum absolute atomic E-state index is 2.52. The molecule has 174 valence electrons. The summed E-state index contributed by atoms with van der Waals surface area (Å²) in [4.78, 5) is 0. The minimum atomic E-state index is -0.386. The quantitative estimate of drug-likeness (QED) is 0.337. The molecule has 2 saturated carbocycles. The van der Waals surface area contributed by atoms with Crippen molar-refractivity contribution in [1.29, 1.82) is 0 Å². The van der Waals surface area contributed by atoms with Gasteiger partial charge in [0.1, 0.15) is 0 Å². The molecule has 2 fully saturated rings. The fourth-order valence-electron chi connectivity index (χ4n) is 6.43. The van der Waals surface area contributed by atoms with Gasteiger partial charge in [0.25, 0.3) is 0 Å². The number of hydrogen-bond acceptors (Lipinski definition) is 0. The summed E-state index contributed by atoms with van der Waals surface area (Å²) in [6, 6.07) is 23.1. The summed E-state index contributed by atoms with van der Waals surface area (Å²) in [5.41, 5.74) is 2.77. The molecule has 33 heavy (non-hydrogen) atoms. The van der Waals surface area contributed by atoms with Gasteiger partial charge in [0, 0.05) is 11.6 Å². The first-order valence-electron chi connectivity index (χ1n) is 13.4. The van der Waals surface area contributed by atoms with Crippen LogP contribution in [-0.4, -0.2) is 23.1 Å². The Morgan fingerprint density at radius 3 is 1.52 bits per heavy atom. The largest absolute Gasteiger partial charge is 0.0997 e. The van der Waals surface area contributed by atoms with Gasteiger partial charge >= 0.3 is 0 Å². The molecular weight excluding hydrogens is 434 g/mol. The number of hydrogen-bond donors (Lipinski definition) is 0. The minimum absolute atomic E-state index is 0.0828. The molecule has 3 aliphatic rings. The summed E-state index contributed by atoms with van der Waals surface area (Å²) >= 11 is 0. The van der Waals surface area contributed by atoms with Gasteiger partial charge in [-0.2, -0.15) is 0 Å². The second-order valence-corrected chi connectivity index (χ2v) is 15.5. The van der Waals surface area contributed by atoms with E-state index in [1.54, 1.807) is 10.6 Å². The van der Waals surface area contributed by atoms with E-state index in [4.69, 9.17) is 0 Å². The van der Waals surface area contributed by atoms with E-state index < -0.39 is 0 Å². The topological polar surface area (TPSA) is 0 Å². The van der Waals surface area contributed by atoms with Crippen molar-refractivity contribution in [3.05, 3.63) is 85.0 Å². The van der Waals surface area contributed by atoms with Crippen LogP contribution in [0, 0.1) is 5.92 Å². The molecule has 1 unspecified atom stereocenters. The molecular formula is C31H40P2. The number of benzene rings is 2. The highest BCUT2D eigenvalue weighted by Crippen LogP contribution is 2.60. The summed E-state index contributed by atoms with van der Waals surface area (Å²) < 4.78 is 0. The highest BCUT2D eigenvalue weighted by molar-refractivity contribution is 7.74. The van der Waals surface area contributed by atoms with Crippen molar-refractivity contribution in [1.82, 2.24) is 0 Å². The average Bonchev–Trinajstić information content (AvgIpc) is 3.43. The first kappa shape index (κ1) is 23.5. The molecule has 2 aromatic carbocycles. The fraction of sp³-hybridized carbons (Fsp3) is 0.484. The van der Waals surface area contributed by atoms with Crippen molar-refractivity contribution in [3.63, 3.8) is 0 Å². The van der Waals surface area contributed by atoms with Gasteiger partial charge in [-0.25, -0.2) is 0 Å². The van der Waals surface area contributed by atoms with Gasteiger partial charge in [0.2, 0.25) is 0 Å². The van der Waals surface area contributed by atoms with Crippen LogP contribution in [0.1, 0.15) is 64.2 Å². The van der Waals surface area contributed by atoms with Crippen LogP contribution in [0.2, 0.25) is 0 Å². The molecule has 2 heteroatoms. The third-order valence-electron chi connectivity index (χ3n) is 8.11. The zero-order valence-corrected chi connectivity index (χ0v) is 21.9. The Bertz CT molecular complexity index is 822. The van der Waals surface area contributed by atoms with E-state index >= 15 is 0 Å². The van der Waals surface area contributed by atoms with E-state index in [0.717, 1.165) is 17.0 Å². The number of rotatable bonds is 8. The van der Waals surface area contributed by atoms with E-state index in [1.165, 1.54) is 70.4 Å². The maximum Gasteiger partial charge on any atom is 0.00298 e. The summed E-state index contributed by atoms with van der Waals surface area (Å²) in [7, 11) is -0.303. The first-order chi connectivity index (χ1) is 16.4. The molecule has 3 aliphatic carbocycles. The fourth-order valence-corrected chi connectivity index (χ4v) is 14.2. The lowest BCUT2D eigenvalue weighted by atomic mass is 9.99. The Kier molecular flexibility index (Phi) is 8.52. The second-order valence-electron chi connectivity index (χ2n) is 10.2. The molecule has 0 amide bonds. The van der Waals surface area contributed by atoms with Crippen molar-refractivity contribution in [2.24, 2.45) is 5.92 Å². The van der Waals surface area contributed by atoms with Gasteiger partial charge in [-0.05, 0) is 61.7 Å². The molecule has 0 heterocycles. The lowest BCUT2D eigenvalue weighted by Crippen LogP contribution is -2.32. The van der Waals surface area contributed by atoms with Gasteiger partial charge in [0.15, 0.2) is 0 Å². The zero-order chi connectivity index (χ0) is 22.3. The molecule has 0 N–H and O–H groups in total. The summed E-state index contributed by atoms with van der Waals surface area (Å²) in [6.07, 6.45) is 26.1.